The van der Waals surface area contributed by atoms with Crippen LogP contribution in [-0.4, -0.2) is 4.98 Å². The van der Waals surface area contributed by atoms with Gasteiger partial charge in [0.25, 0.3) is 6.43 Å². The summed E-state index contributed by atoms with van der Waals surface area (Å²) < 4.78 is 72.5. The quantitative estimate of drug-likeness (QED) is 0.715. The number of pyridine rings is 1. The van der Waals surface area contributed by atoms with Gasteiger partial charge in [-0.1, -0.05) is 0 Å². The molecular formula is C7H2BrF6N. The summed E-state index contributed by atoms with van der Waals surface area (Å²) in [5.74, 6) is -1.42. The molecule has 0 unspecified atom stereocenters. The second-order valence-corrected chi connectivity index (χ2v) is 3.28. The van der Waals surface area contributed by atoms with E-state index in [1.807, 2.05) is 0 Å². The Morgan fingerprint density at radius 3 is 2.20 bits per heavy atom. The highest BCUT2D eigenvalue weighted by Gasteiger charge is 2.35. The van der Waals surface area contributed by atoms with Crippen LogP contribution in [0.4, 0.5) is 26.3 Å². The molecule has 0 aliphatic heterocycles. The van der Waals surface area contributed by atoms with Gasteiger partial charge in [-0.05, 0) is 15.9 Å². The third-order valence-electron chi connectivity index (χ3n) is 1.44. The zero-order chi connectivity index (χ0) is 11.8. The zero-order valence-corrected chi connectivity index (χ0v) is 8.33. The van der Waals surface area contributed by atoms with Crippen LogP contribution in [0.3, 0.4) is 0 Å². The van der Waals surface area contributed by atoms with Gasteiger partial charge in [-0.25, -0.2) is 18.2 Å². The Kier molecular flexibility index (Phi) is 3.27. The molecule has 1 heterocycles. The summed E-state index contributed by atoms with van der Waals surface area (Å²) in [5.41, 5.74) is -2.94. The minimum absolute atomic E-state index is 0.0516. The van der Waals surface area contributed by atoms with Gasteiger partial charge in [0.15, 0.2) is 0 Å². The number of alkyl halides is 5. The average molecular weight is 294 g/mol. The van der Waals surface area contributed by atoms with Crippen molar-refractivity contribution in [1.29, 1.82) is 0 Å². The number of hydrogen-bond acceptors (Lipinski definition) is 1. The Bertz CT molecular complexity index is 374. The van der Waals surface area contributed by atoms with Crippen LogP contribution in [0.25, 0.3) is 0 Å². The van der Waals surface area contributed by atoms with Crippen molar-refractivity contribution < 1.29 is 26.3 Å². The molecule has 0 aliphatic carbocycles. The van der Waals surface area contributed by atoms with Crippen LogP contribution in [0.1, 0.15) is 17.8 Å². The number of nitrogens with zero attached hydrogens (tertiary/aromatic N) is 1. The van der Waals surface area contributed by atoms with E-state index in [1.165, 1.54) is 0 Å². The van der Waals surface area contributed by atoms with Crippen molar-refractivity contribution in [2.45, 2.75) is 12.6 Å². The van der Waals surface area contributed by atoms with Crippen LogP contribution in [0.15, 0.2) is 10.5 Å². The van der Waals surface area contributed by atoms with E-state index in [4.69, 9.17) is 0 Å². The maximum atomic E-state index is 12.8. The van der Waals surface area contributed by atoms with Crippen LogP contribution in [0.2, 0.25) is 0 Å². The van der Waals surface area contributed by atoms with Crippen molar-refractivity contribution in [3.8, 4) is 0 Å². The summed E-state index contributed by atoms with van der Waals surface area (Å²) in [6, 6.07) is 0.0516. The minimum atomic E-state index is -4.95. The van der Waals surface area contributed by atoms with Crippen LogP contribution >= 0.6 is 15.9 Å². The molecule has 1 aromatic heterocycles. The standard InChI is InChI=1S/C7H2BrF6N/c8-4-2(9)1-3(7(12,13)14)15-5(4)6(10)11/h1,6H. The smallest absolute Gasteiger partial charge is 0.241 e. The minimum Gasteiger partial charge on any atom is -0.241 e. The molecule has 0 spiro atoms. The maximum absolute atomic E-state index is 12.8. The molecule has 1 aromatic rings. The Hall–Kier alpha value is -0.790. The van der Waals surface area contributed by atoms with E-state index in [0.717, 1.165) is 0 Å². The summed E-state index contributed by atoms with van der Waals surface area (Å²) in [5, 5.41) is 0. The number of halogens is 7. The lowest BCUT2D eigenvalue weighted by Crippen LogP contribution is -2.11. The lowest BCUT2D eigenvalue weighted by atomic mass is 10.3. The van der Waals surface area contributed by atoms with E-state index in [1.54, 1.807) is 0 Å². The second kappa shape index (κ2) is 3.99. The van der Waals surface area contributed by atoms with Crippen molar-refractivity contribution >= 4 is 15.9 Å². The van der Waals surface area contributed by atoms with Gasteiger partial charge in [-0.3, -0.25) is 0 Å². The highest BCUT2D eigenvalue weighted by molar-refractivity contribution is 9.10. The van der Waals surface area contributed by atoms with Gasteiger partial charge in [-0.2, -0.15) is 13.2 Å². The molecular weight excluding hydrogens is 292 g/mol. The molecule has 0 fully saturated rings. The zero-order valence-electron chi connectivity index (χ0n) is 6.75. The summed E-state index contributed by atoms with van der Waals surface area (Å²) in [6.45, 7) is 0. The second-order valence-electron chi connectivity index (χ2n) is 2.49. The molecule has 1 rings (SSSR count). The SMILES string of the molecule is Fc1cc(C(F)(F)F)nc(C(F)F)c1Br. The van der Waals surface area contributed by atoms with E-state index in [0.29, 0.717) is 0 Å². The first-order chi connectivity index (χ1) is 6.73. The normalized spacial score (nSPS) is 12.3. The van der Waals surface area contributed by atoms with E-state index < -0.39 is 34.3 Å². The van der Waals surface area contributed by atoms with Gasteiger partial charge in [0.2, 0.25) is 0 Å². The molecule has 0 saturated carbocycles. The molecule has 0 bridgehead atoms. The lowest BCUT2D eigenvalue weighted by molar-refractivity contribution is -0.141. The first kappa shape index (κ1) is 12.3. The van der Waals surface area contributed by atoms with E-state index in [9.17, 15) is 26.3 Å². The fraction of sp³-hybridized carbons (Fsp3) is 0.286. The van der Waals surface area contributed by atoms with Gasteiger partial charge in [0, 0.05) is 6.07 Å². The van der Waals surface area contributed by atoms with Crippen LogP contribution in [0.5, 0.6) is 0 Å². The number of rotatable bonds is 1. The molecule has 0 atom stereocenters. The first-order valence-electron chi connectivity index (χ1n) is 3.44. The maximum Gasteiger partial charge on any atom is 0.433 e. The largest absolute Gasteiger partial charge is 0.433 e. The molecule has 0 saturated heterocycles. The Labute approximate surface area is 88.2 Å². The molecule has 0 N–H and O–H groups in total. The fourth-order valence-electron chi connectivity index (χ4n) is 0.807. The summed E-state index contributed by atoms with van der Waals surface area (Å²) in [7, 11) is 0. The molecule has 1 nitrogen and oxygen atoms in total. The van der Waals surface area contributed by atoms with Crippen molar-refractivity contribution in [3.05, 3.63) is 27.7 Å². The number of aromatic nitrogens is 1. The van der Waals surface area contributed by atoms with Crippen molar-refractivity contribution in [3.63, 3.8) is 0 Å². The molecule has 84 valence electrons. The van der Waals surface area contributed by atoms with Crippen molar-refractivity contribution in [1.82, 2.24) is 4.98 Å². The van der Waals surface area contributed by atoms with Gasteiger partial charge < -0.3 is 0 Å². The van der Waals surface area contributed by atoms with E-state index in [-0.39, 0.29) is 6.07 Å². The number of hydrogen-bond donors (Lipinski definition) is 0. The summed E-state index contributed by atoms with van der Waals surface area (Å²) in [4.78, 5) is 2.64. The summed E-state index contributed by atoms with van der Waals surface area (Å²) >= 11 is 2.40. The predicted octanol–water partition coefficient (Wildman–Crippen LogP) is 3.94. The monoisotopic (exact) mass is 293 g/mol. The van der Waals surface area contributed by atoms with Crippen LogP contribution in [-0.2, 0) is 6.18 Å². The molecule has 15 heavy (non-hydrogen) atoms. The third kappa shape index (κ3) is 2.61. The highest BCUT2D eigenvalue weighted by atomic mass is 79.9. The summed E-state index contributed by atoms with van der Waals surface area (Å²) in [6.07, 6.45) is -8.23. The van der Waals surface area contributed by atoms with Crippen molar-refractivity contribution in [2.75, 3.05) is 0 Å². The molecule has 8 heteroatoms. The Morgan fingerprint density at radius 2 is 1.80 bits per heavy atom. The molecule has 0 aromatic carbocycles. The van der Waals surface area contributed by atoms with E-state index in [2.05, 4.69) is 20.9 Å². The van der Waals surface area contributed by atoms with Gasteiger partial charge in [0.1, 0.15) is 17.2 Å². The van der Waals surface area contributed by atoms with Gasteiger partial charge in [-0.15, -0.1) is 0 Å². The van der Waals surface area contributed by atoms with Gasteiger partial charge >= 0.3 is 6.18 Å². The topological polar surface area (TPSA) is 12.9 Å². The predicted molar refractivity (Wildman–Crippen MR) is 41.9 cm³/mol. The molecule has 0 radical (unpaired) electrons. The highest BCUT2D eigenvalue weighted by Crippen LogP contribution is 2.34. The average Bonchev–Trinajstić information content (AvgIpc) is 2.06. The van der Waals surface area contributed by atoms with Crippen molar-refractivity contribution in [2.24, 2.45) is 0 Å². The van der Waals surface area contributed by atoms with E-state index >= 15 is 0 Å². The van der Waals surface area contributed by atoms with Gasteiger partial charge in [0.05, 0.1) is 4.47 Å². The van der Waals surface area contributed by atoms with Crippen LogP contribution < -0.4 is 0 Å². The lowest BCUT2D eigenvalue weighted by Gasteiger charge is -2.09. The fourth-order valence-corrected chi connectivity index (χ4v) is 1.18. The van der Waals surface area contributed by atoms with Crippen LogP contribution in [0, 0.1) is 5.82 Å². The first-order valence-corrected chi connectivity index (χ1v) is 4.24. The Balaban J connectivity index is 3.36. The Morgan fingerprint density at radius 1 is 1.27 bits per heavy atom. The molecule has 0 aliphatic rings. The third-order valence-corrected chi connectivity index (χ3v) is 2.22. The molecule has 0 amide bonds.